The van der Waals surface area contributed by atoms with E-state index in [4.69, 9.17) is 5.11 Å². The number of aliphatic imine (C=N–C) groups is 1. The Balaban J connectivity index is 2.21. The third kappa shape index (κ3) is 3.75. The van der Waals surface area contributed by atoms with Gasteiger partial charge in [-0.1, -0.05) is 0 Å². The molecule has 6 N–H and O–H groups in total. The number of fused-ring (bicyclic) bond motifs is 2. The fourth-order valence-electron chi connectivity index (χ4n) is 2.88. The summed E-state index contributed by atoms with van der Waals surface area (Å²) < 4.78 is 0. The number of phenols is 3. The molecule has 0 aliphatic heterocycles. The first-order valence-electron chi connectivity index (χ1n) is 8.79. The molecule has 10 heteroatoms. The highest BCUT2D eigenvalue weighted by Crippen LogP contribution is 2.38. The molecule has 1 heterocycles. The van der Waals surface area contributed by atoms with Crippen molar-refractivity contribution in [2.45, 2.75) is 6.92 Å². The summed E-state index contributed by atoms with van der Waals surface area (Å²) in [6, 6.07) is 2.40. The van der Waals surface area contributed by atoms with E-state index in [9.17, 15) is 25.2 Å². The molecular formula is C19H20N4O6. The smallest absolute Gasteiger partial charge is 0.337 e. The highest BCUT2D eigenvalue weighted by atomic mass is 16.4. The molecular weight excluding hydrogens is 380 g/mol. The van der Waals surface area contributed by atoms with Gasteiger partial charge in [-0.2, -0.15) is 0 Å². The molecule has 0 spiro atoms. The van der Waals surface area contributed by atoms with E-state index in [0.717, 1.165) is 0 Å². The third-order valence-electron chi connectivity index (χ3n) is 4.40. The number of aromatic carboxylic acids is 1. The number of carbonyl (C=O) groups is 1. The number of phenolic OH excluding ortho intramolecular Hbond substituents is 3. The van der Waals surface area contributed by atoms with Gasteiger partial charge in [-0.25, -0.2) is 14.8 Å². The summed E-state index contributed by atoms with van der Waals surface area (Å²) in [5.74, 6) is -2.12. The number of carboxylic acid groups (broad SMARTS) is 1. The molecule has 0 bridgehead atoms. The molecule has 3 rings (SSSR count). The van der Waals surface area contributed by atoms with E-state index in [-0.39, 0.29) is 62.6 Å². The lowest BCUT2D eigenvalue weighted by Gasteiger charge is -2.12. The highest BCUT2D eigenvalue weighted by molar-refractivity contribution is 6.08. The largest absolute Gasteiger partial charge is 0.507 e. The van der Waals surface area contributed by atoms with Crippen LogP contribution in [-0.2, 0) is 0 Å². The molecule has 2 aromatic carbocycles. The van der Waals surface area contributed by atoms with Crippen molar-refractivity contribution < 1.29 is 30.3 Å². The molecule has 0 atom stereocenters. The Hall–Kier alpha value is -3.50. The van der Waals surface area contributed by atoms with E-state index in [2.05, 4.69) is 20.3 Å². The first kappa shape index (κ1) is 20.2. The molecule has 152 valence electrons. The van der Waals surface area contributed by atoms with Crippen LogP contribution in [0.3, 0.4) is 0 Å². The van der Waals surface area contributed by atoms with Crippen LogP contribution in [-0.4, -0.2) is 73.9 Å². The Labute approximate surface area is 164 Å². The van der Waals surface area contributed by atoms with Crippen molar-refractivity contribution in [3.8, 4) is 17.2 Å². The first-order valence-corrected chi connectivity index (χ1v) is 8.79. The SMILES string of the molecule is Cc1c(O)c(C=NCCNCCO)c2nc3c(O)ccc(C(=O)O)c3nc2c1O. The molecule has 10 nitrogen and oxygen atoms in total. The molecule has 29 heavy (non-hydrogen) atoms. The number of rotatable bonds is 7. The van der Waals surface area contributed by atoms with Crippen LogP contribution < -0.4 is 5.32 Å². The second kappa shape index (κ2) is 8.25. The second-order valence-corrected chi connectivity index (χ2v) is 6.30. The number of hydrogen-bond acceptors (Lipinski definition) is 9. The summed E-state index contributed by atoms with van der Waals surface area (Å²) in [5.41, 5.74) is 0.0575. The monoisotopic (exact) mass is 400 g/mol. The van der Waals surface area contributed by atoms with Crippen LogP contribution >= 0.6 is 0 Å². The van der Waals surface area contributed by atoms with Gasteiger partial charge >= 0.3 is 5.97 Å². The van der Waals surface area contributed by atoms with Crippen molar-refractivity contribution >= 4 is 34.3 Å². The minimum Gasteiger partial charge on any atom is -0.507 e. The molecule has 0 radical (unpaired) electrons. The summed E-state index contributed by atoms with van der Waals surface area (Å²) in [6.45, 7) is 2.79. The fraction of sp³-hybridized carbons (Fsp3) is 0.263. The Bertz CT molecular complexity index is 1130. The molecule has 0 amide bonds. The maximum absolute atomic E-state index is 11.5. The standard InChI is InChI=1S/C19H20N4O6/c1-9-17(26)11(8-21-5-4-20-6-7-24)14-16(18(9)27)23-13-10(19(28)29)2-3-12(25)15(13)22-14/h2-3,8,20,24-27H,4-7H2,1H3,(H,28,29). The number of aliphatic hydroxyl groups is 1. The lowest BCUT2D eigenvalue weighted by molar-refractivity contribution is 0.0699. The van der Waals surface area contributed by atoms with Crippen LogP contribution in [0.4, 0.5) is 0 Å². The van der Waals surface area contributed by atoms with Gasteiger partial charge in [0.15, 0.2) is 0 Å². The third-order valence-corrected chi connectivity index (χ3v) is 4.40. The van der Waals surface area contributed by atoms with E-state index in [1.807, 2.05) is 0 Å². The van der Waals surface area contributed by atoms with Crippen molar-refractivity contribution in [3.63, 3.8) is 0 Å². The summed E-state index contributed by atoms with van der Waals surface area (Å²) >= 11 is 0. The normalized spacial score (nSPS) is 11.7. The van der Waals surface area contributed by atoms with Crippen molar-refractivity contribution in [1.82, 2.24) is 15.3 Å². The first-order chi connectivity index (χ1) is 13.9. The van der Waals surface area contributed by atoms with Crippen LogP contribution in [0.5, 0.6) is 17.2 Å². The molecule has 1 aromatic heterocycles. The van der Waals surface area contributed by atoms with E-state index < -0.39 is 5.97 Å². The topological polar surface area (TPSA) is 168 Å². The maximum Gasteiger partial charge on any atom is 0.337 e. The number of aliphatic hydroxyl groups excluding tert-OH is 1. The molecule has 0 aliphatic rings. The Kier molecular flexibility index (Phi) is 5.76. The number of nitrogens with zero attached hydrogens (tertiary/aromatic N) is 3. The molecule has 0 saturated carbocycles. The number of benzene rings is 2. The zero-order chi connectivity index (χ0) is 21.1. The van der Waals surface area contributed by atoms with Crippen LogP contribution in [0.25, 0.3) is 22.1 Å². The summed E-state index contributed by atoms with van der Waals surface area (Å²) in [5, 5.41) is 52.1. The van der Waals surface area contributed by atoms with Gasteiger partial charge in [0.1, 0.15) is 39.3 Å². The van der Waals surface area contributed by atoms with Gasteiger partial charge in [0.2, 0.25) is 0 Å². The minimum absolute atomic E-state index is 0.0107. The number of aromatic hydroxyl groups is 3. The molecule has 0 unspecified atom stereocenters. The van der Waals surface area contributed by atoms with Gasteiger partial charge in [0.05, 0.1) is 24.3 Å². The van der Waals surface area contributed by atoms with Gasteiger partial charge in [0, 0.05) is 24.9 Å². The second-order valence-electron chi connectivity index (χ2n) is 6.30. The molecule has 3 aromatic rings. The molecule has 0 fully saturated rings. The number of nitrogens with one attached hydrogen (secondary N) is 1. The number of aromatic nitrogens is 2. The van der Waals surface area contributed by atoms with E-state index in [1.165, 1.54) is 25.3 Å². The predicted molar refractivity (Wildman–Crippen MR) is 106 cm³/mol. The predicted octanol–water partition coefficient (Wildman–Crippen LogP) is 0.907. The van der Waals surface area contributed by atoms with Gasteiger partial charge in [-0.15, -0.1) is 0 Å². The number of hydrogen-bond donors (Lipinski definition) is 6. The fourth-order valence-corrected chi connectivity index (χ4v) is 2.88. The van der Waals surface area contributed by atoms with Crippen molar-refractivity contribution in [2.24, 2.45) is 4.99 Å². The van der Waals surface area contributed by atoms with E-state index in [0.29, 0.717) is 19.6 Å². The van der Waals surface area contributed by atoms with E-state index >= 15 is 0 Å². The van der Waals surface area contributed by atoms with Crippen molar-refractivity contribution in [1.29, 1.82) is 0 Å². The van der Waals surface area contributed by atoms with Gasteiger partial charge in [0.25, 0.3) is 0 Å². The quantitative estimate of drug-likeness (QED) is 0.192. The summed E-state index contributed by atoms with van der Waals surface area (Å²) in [4.78, 5) is 24.2. The van der Waals surface area contributed by atoms with E-state index in [1.54, 1.807) is 0 Å². The van der Waals surface area contributed by atoms with Crippen molar-refractivity contribution in [3.05, 3.63) is 28.8 Å². The molecule has 0 saturated heterocycles. The van der Waals surface area contributed by atoms with Crippen LogP contribution in [0.2, 0.25) is 0 Å². The highest BCUT2D eigenvalue weighted by Gasteiger charge is 2.21. The zero-order valence-corrected chi connectivity index (χ0v) is 15.5. The Morgan fingerprint density at radius 2 is 1.79 bits per heavy atom. The average Bonchev–Trinajstić information content (AvgIpc) is 2.70. The van der Waals surface area contributed by atoms with Gasteiger partial charge in [-0.3, -0.25) is 4.99 Å². The van der Waals surface area contributed by atoms with Crippen molar-refractivity contribution in [2.75, 3.05) is 26.2 Å². The lowest BCUT2D eigenvalue weighted by atomic mass is 10.0. The maximum atomic E-state index is 11.5. The minimum atomic E-state index is -1.25. The van der Waals surface area contributed by atoms with Crippen LogP contribution in [0, 0.1) is 6.92 Å². The van der Waals surface area contributed by atoms with Gasteiger partial charge < -0.3 is 30.8 Å². The zero-order valence-electron chi connectivity index (χ0n) is 15.5. The Morgan fingerprint density at radius 3 is 2.48 bits per heavy atom. The van der Waals surface area contributed by atoms with Gasteiger partial charge in [-0.05, 0) is 19.1 Å². The lowest BCUT2D eigenvalue weighted by Crippen LogP contribution is -2.21. The summed E-state index contributed by atoms with van der Waals surface area (Å²) in [7, 11) is 0. The number of carboxylic acids is 1. The van der Waals surface area contributed by atoms with Crippen LogP contribution in [0.15, 0.2) is 17.1 Å². The average molecular weight is 400 g/mol. The van der Waals surface area contributed by atoms with Crippen LogP contribution in [0.1, 0.15) is 21.5 Å². The Morgan fingerprint density at radius 1 is 1.07 bits per heavy atom. The molecule has 0 aliphatic carbocycles. The summed E-state index contributed by atoms with van der Waals surface area (Å²) in [6.07, 6.45) is 1.38.